The van der Waals surface area contributed by atoms with Crippen LogP contribution < -0.4 is 0 Å². The van der Waals surface area contributed by atoms with Crippen LogP contribution in [0.4, 0.5) is 0 Å². The number of likely N-dealkylation sites (tertiary alicyclic amines) is 1. The fourth-order valence-corrected chi connectivity index (χ4v) is 1.22. The fraction of sp³-hybridized carbons (Fsp3) is 1.00. The second-order valence-corrected chi connectivity index (χ2v) is 2.89. The second kappa shape index (κ2) is 4.94. The van der Waals surface area contributed by atoms with Crippen LogP contribution in [0.2, 0.25) is 0 Å². The number of rotatable bonds is 0. The van der Waals surface area contributed by atoms with Crippen LogP contribution in [0.3, 0.4) is 0 Å². The summed E-state index contributed by atoms with van der Waals surface area (Å²) in [7, 11) is 2.11. The predicted molar refractivity (Wildman–Crippen MR) is 44.6 cm³/mol. The molecule has 1 atom stereocenters. The highest BCUT2D eigenvalue weighted by Crippen LogP contribution is 2.08. The molecule has 0 aromatic carbocycles. The van der Waals surface area contributed by atoms with E-state index in [-0.39, 0.29) is 18.5 Å². The molecule has 10 heavy (non-hydrogen) atoms. The van der Waals surface area contributed by atoms with Crippen LogP contribution in [-0.4, -0.2) is 36.2 Å². The van der Waals surface area contributed by atoms with Crippen molar-refractivity contribution in [3.63, 3.8) is 0 Å². The van der Waals surface area contributed by atoms with Crippen LogP contribution in [0, 0.1) is 0 Å². The molecule has 62 valence electrons. The standard InChI is InChI=1S/C7H15NO.ClH/c1-8-5-2-3-7(9)4-6-8;/h7,9H,2-6H2,1H3;1H/t7-;/m1./s1. The Labute approximate surface area is 68.6 Å². The van der Waals surface area contributed by atoms with E-state index < -0.39 is 0 Å². The summed E-state index contributed by atoms with van der Waals surface area (Å²) in [5.41, 5.74) is 0. The second-order valence-electron chi connectivity index (χ2n) is 2.89. The molecule has 1 saturated heterocycles. The Hall–Kier alpha value is 0.210. The summed E-state index contributed by atoms with van der Waals surface area (Å²) in [6.45, 7) is 2.21. The number of aliphatic hydroxyl groups excluding tert-OH is 1. The van der Waals surface area contributed by atoms with Crippen molar-refractivity contribution in [2.75, 3.05) is 20.1 Å². The number of hydrogen-bond donors (Lipinski definition) is 1. The van der Waals surface area contributed by atoms with E-state index in [1.54, 1.807) is 0 Å². The van der Waals surface area contributed by atoms with E-state index >= 15 is 0 Å². The largest absolute Gasteiger partial charge is 0.393 e. The van der Waals surface area contributed by atoms with E-state index in [0.29, 0.717) is 0 Å². The first-order valence-corrected chi connectivity index (χ1v) is 3.65. The summed E-state index contributed by atoms with van der Waals surface area (Å²) in [4.78, 5) is 2.27. The summed E-state index contributed by atoms with van der Waals surface area (Å²) in [6.07, 6.45) is 3.06. The Morgan fingerprint density at radius 3 is 2.70 bits per heavy atom. The van der Waals surface area contributed by atoms with Crippen molar-refractivity contribution in [1.82, 2.24) is 4.90 Å². The third kappa shape index (κ3) is 3.40. The minimum atomic E-state index is -0.0325. The molecule has 0 aromatic rings. The fourth-order valence-electron chi connectivity index (χ4n) is 1.22. The Kier molecular flexibility index (Phi) is 5.04. The van der Waals surface area contributed by atoms with Gasteiger partial charge in [0.15, 0.2) is 0 Å². The third-order valence-electron chi connectivity index (χ3n) is 1.92. The molecule has 0 spiro atoms. The minimum absolute atomic E-state index is 0. The van der Waals surface area contributed by atoms with E-state index in [1.165, 1.54) is 0 Å². The molecule has 1 N–H and O–H groups in total. The quantitative estimate of drug-likeness (QED) is 0.576. The van der Waals surface area contributed by atoms with Crippen molar-refractivity contribution in [1.29, 1.82) is 0 Å². The van der Waals surface area contributed by atoms with Crippen LogP contribution in [-0.2, 0) is 0 Å². The summed E-state index contributed by atoms with van der Waals surface area (Å²) in [5, 5.41) is 9.18. The zero-order valence-corrected chi connectivity index (χ0v) is 7.23. The van der Waals surface area contributed by atoms with Crippen molar-refractivity contribution in [3.05, 3.63) is 0 Å². The maximum atomic E-state index is 9.18. The number of hydrogen-bond acceptors (Lipinski definition) is 2. The molecular formula is C7H16ClNO. The van der Waals surface area contributed by atoms with Crippen LogP contribution in [0.25, 0.3) is 0 Å². The van der Waals surface area contributed by atoms with Gasteiger partial charge in [-0.3, -0.25) is 0 Å². The van der Waals surface area contributed by atoms with Gasteiger partial charge in [0.05, 0.1) is 6.10 Å². The van der Waals surface area contributed by atoms with Crippen molar-refractivity contribution < 1.29 is 5.11 Å². The zero-order chi connectivity index (χ0) is 6.69. The smallest absolute Gasteiger partial charge is 0.0553 e. The molecule has 1 fully saturated rings. The number of aliphatic hydroxyl groups is 1. The zero-order valence-electron chi connectivity index (χ0n) is 6.42. The normalized spacial score (nSPS) is 28.8. The van der Waals surface area contributed by atoms with Crippen LogP contribution in [0.1, 0.15) is 19.3 Å². The van der Waals surface area contributed by atoms with E-state index in [1.807, 2.05) is 0 Å². The molecule has 0 amide bonds. The van der Waals surface area contributed by atoms with E-state index in [4.69, 9.17) is 0 Å². The Balaban J connectivity index is 0.000000810. The Bertz CT molecular complexity index is 79.7. The first-order chi connectivity index (χ1) is 4.29. The molecule has 3 heteroatoms. The van der Waals surface area contributed by atoms with E-state index in [2.05, 4.69) is 11.9 Å². The lowest BCUT2D eigenvalue weighted by molar-refractivity contribution is 0.157. The lowest BCUT2D eigenvalue weighted by Crippen LogP contribution is -2.19. The van der Waals surface area contributed by atoms with Gasteiger partial charge in [-0.05, 0) is 32.9 Å². The van der Waals surface area contributed by atoms with Gasteiger partial charge in [0.2, 0.25) is 0 Å². The maximum absolute atomic E-state index is 9.18. The minimum Gasteiger partial charge on any atom is -0.393 e. The third-order valence-corrected chi connectivity index (χ3v) is 1.92. The summed E-state index contributed by atoms with van der Waals surface area (Å²) in [6, 6.07) is 0. The topological polar surface area (TPSA) is 23.5 Å². The molecule has 1 rings (SSSR count). The molecule has 0 unspecified atom stereocenters. The molecule has 0 radical (unpaired) electrons. The highest BCUT2D eigenvalue weighted by Gasteiger charge is 2.10. The molecule has 1 heterocycles. The molecular weight excluding hydrogens is 150 g/mol. The molecule has 1 aliphatic rings. The number of halogens is 1. The highest BCUT2D eigenvalue weighted by atomic mass is 35.5. The molecule has 1 aliphatic heterocycles. The lowest BCUT2D eigenvalue weighted by atomic mass is 10.2. The van der Waals surface area contributed by atoms with E-state index in [0.717, 1.165) is 32.4 Å². The van der Waals surface area contributed by atoms with E-state index in [9.17, 15) is 5.11 Å². The van der Waals surface area contributed by atoms with Gasteiger partial charge in [0, 0.05) is 6.54 Å². The van der Waals surface area contributed by atoms with Crippen LogP contribution >= 0.6 is 12.4 Å². The van der Waals surface area contributed by atoms with Gasteiger partial charge in [0.25, 0.3) is 0 Å². The summed E-state index contributed by atoms with van der Waals surface area (Å²) >= 11 is 0. The lowest BCUT2D eigenvalue weighted by Gasteiger charge is -2.10. The Morgan fingerprint density at radius 1 is 1.30 bits per heavy atom. The van der Waals surface area contributed by atoms with Crippen LogP contribution in [0.5, 0.6) is 0 Å². The molecule has 0 saturated carbocycles. The number of nitrogens with zero attached hydrogens (tertiary/aromatic N) is 1. The molecule has 0 aromatic heterocycles. The molecule has 0 bridgehead atoms. The summed E-state index contributed by atoms with van der Waals surface area (Å²) < 4.78 is 0. The molecule has 2 nitrogen and oxygen atoms in total. The van der Waals surface area contributed by atoms with Gasteiger partial charge in [-0.2, -0.15) is 0 Å². The van der Waals surface area contributed by atoms with Gasteiger partial charge in [-0.1, -0.05) is 0 Å². The van der Waals surface area contributed by atoms with Gasteiger partial charge in [0.1, 0.15) is 0 Å². The Morgan fingerprint density at radius 2 is 2.00 bits per heavy atom. The monoisotopic (exact) mass is 165 g/mol. The van der Waals surface area contributed by atoms with Crippen LogP contribution in [0.15, 0.2) is 0 Å². The average molecular weight is 166 g/mol. The average Bonchev–Trinajstić information content (AvgIpc) is 1.97. The van der Waals surface area contributed by atoms with Gasteiger partial charge >= 0.3 is 0 Å². The van der Waals surface area contributed by atoms with Gasteiger partial charge in [-0.15, -0.1) is 12.4 Å². The van der Waals surface area contributed by atoms with Gasteiger partial charge in [-0.25, -0.2) is 0 Å². The SMILES string of the molecule is CN1CCC[C@@H](O)CC1.Cl. The molecule has 0 aliphatic carbocycles. The first-order valence-electron chi connectivity index (χ1n) is 3.65. The van der Waals surface area contributed by atoms with Crippen molar-refractivity contribution >= 4 is 12.4 Å². The van der Waals surface area contributed by atoms with Crippen molar-refractivity contribution in [2.45, 2.75) is 25.4 Å². The highest BCUT2D eigenvalue weighted by molar-refractivity contribution is 5.85. The summed E-state index contributed by atoms with van der Waals surface area (Å²) in [5.74, 6) is 0. The maximum Gasteiger partial charge on any atom is 0.0553 e. The first kappa shape index (κ1) is 10.2. The van der Waals surface area contributed by atoms with Crippen molar-refractivity contribution in [2.24, 2.45) is 0 Å². The van der Waals surface area contributed by atoms with Gasteiger partial charge < -0.3 is 10.0 Å². The predicted octanol–water partition coefficient (Wildman–Crippen LogP) is 0.885. The van der Waals surface area contributed by atoms with Crippen molar-refractivity contribution in [3.8, 4) is 0 Å².